The van der Waals surface area contributed by atoms with Gasteiger partial charge in [-0.1, -0.05) is 23.7 Å². The van der Waals surface area contributed by atoms with Crippen LogP contribution < -0.4 is 0 Å². The van der Waals surface area contributed by atoms with Gasteiger partial charge in [-0.05, 0) is 42.3 Å². The van der Waals surface area contributed by atoms with Crippen LogP contribution in [0.2, 0.25) is 5.02 Å². The fraction of sp³-hybridized carbons (Fsp3) is 0.143. The maximum Gasteiger partial charge on any atom is 0.129 e. The van der Waals surface area contributed by atoms with Crippen molar-refractivity contribution < 1.29 is 8.78 Å². The molecule has 0 saturated carbocycles. The molecule has 17 heavy (non-hydrogen) atoms. The van der Waals surface area contributed by atoms with Crippen molar-refractivity contribution in [2.24, 2.45) is 0 Å². The van der Waals surface area contributed by atoms with Gasteiger partial charge in [-0.2, -0.15) is 0 Å². The molecule has 0 radical (unpaired) electrons. The Morgan fingerprint density at radius 1 is 1.00 bits per heavy atom. The van der Waals surface area contributed by atoms with Crippen LogP contribution in [0.4, 0.5) is 8.78 Å². The second kappa shape index (κ2) is 4.84. The molecule has 0 aliphatic rings. The number of rotatable bonds is 2. The van der Waals surface area contributed by atoms with Crippen molar-refractivity contribution in [2.75, 3.05) is 0 Å². The summed E-state index contributed by atoms with van der Waals surface area (Å²) in [6.45, 7) is 1.66. The summed E-state index contributed by atoms with van der Waals surface area (Å²) < 4.78 is 27.2. The zero-order chi connectivity index (χ0) is 12.4. The van der Waals surface area contributed by atoms with Gasteiger partial charge in [0.2, 0.25) is 0 Å². The molecule has 0 heterocycles. The van der Waals surface area contributed by atoms with E-state index in [9.17, 15) is 8.78 Å². The third kappa shape index (κ3) is 2.83. The molecule has 2 aromatic carbocycles. The van der Waals surface area contributed by atoms with Crippen molar-refractivity contribution in [3.8, 4) is 0 Å². The topological polar surface area (TPSA) is 0 Å². The number of hydrogen-bond acceptors (Lipinski definition) is 0. The van der Waals surface area contributed by atoms with Gasteiger partial charge in [0.15, 0.2) is 0 Å². The Labute approximate surface area is 104 Å². The van der Waals surface area contributed by atoms with Crippen molar-refractivity contribution >= 4 is 11.6 Å². The molecule has 0 aliphatic carbocycles. The lowest BCUT2D eigenvalue weighted by Crippen LogP contribution is -1.98. The predicted molar refractivity (Wildman–Crippen MR) is 65.4 cm³/mol. The van der Waals surface area contributed by atoms with Crippen molar-refractivity contribution in [3.05, 3.63) is 69.7 Å². The molecule has 0 fully saturated rings. The SMILES string of the molecule is Cc1cc(F)c(Cc2ccc(Cl)cc2)c(F)c1. The first kappa shape index (κ1) is 12.1. The molecule has 0 saturated heterocycles. The number of halogens is 3. The third-order valence-corrected chi connectivity index (χ3v) is 2.83. The van der Waals surface area contributed by atoms with E-state index in [1.807, 2.05) is 0 Å². The van der Waals surface area contributed by atoms with Gasteiger partial charge in [0.1, 0.15) is 11.6 Å². The standard InChI is InChI=1S/C14H11ClF2/c1-9-6-13(16)12(14(17)7-9)8-10-2-4-11(15)5-3-10/h2-7H,8H2,1H3. The van der Waals surface area contributed by atoms with Gasteiger partial charge in [0.25, 0.3) is 0 Å². The van der Waals surface area contributed by atoms with E-state index in [-0.39, 0.29) is 12.0 Å². The number of aryl methyl sites for hydroxylation is 1. The summed E-state index contributed by atoms with van der Waals surface area (Å²) in [6, 6.07) is 9.63. The molecule has 88 valence electrons. The van der Waals surface area contributed by atoms with Gasteiger partial charge in [-0.25, -0.2) is 8.78 Å². The highest BCUT2D eigenvalue weighted by molar-refractivity contribution is 6.30. The van der Waals surface area contributed by atoms with Crippen molar-refractivity contribution in [1.82, 2.24) is 0 Å². The quantitative estimate of drug-likeness (QED) is 0.737. The summed E-state index contributed by atoms with van der Waals surface area (Å²) in [5.74, 6) is -1.00. The fourth-order valence-electron chi connectivity index (χ4n) is 1.71. The van der Waals surface area contributed by atoms with Crippen molar-refractivity contribution in [2.45, 2.75) is 13.3 Å². The molecule has 0 atom stereocenters. The maximum atomic E-state index is 13.6. The molecule has 3 heteroatoms. The number of hydrogen-bond donors (Lipinski definition) is 0. The van der Waals surface area contributed by atoms with Crippen LogP contribution >= 0.6 is 11.6 Å². The zero-order valence-corrected chi connectivity index (χ0v) is 10.1. The Kier molecular flexibility index (Phi) is 3.43. The lowest BCUT2D eigenvalue weighted by Gasteiger charge is -2.06. The molecule has 0 unspecified atom stereocenters. The molecule has 0 aliphatic heterocycles. The summed E-state index contributed by atoms with van der Waals surface area (Å²) in [6.07, 6.45) is 0.231. The zero-order valence-electron chi connectivity index (χ0n) is 9.31. The maximum absolute atomic E-state index is 13.6. The van der Waals surface area contributed by atoms with Gasteiger partial charge >= 0.3 is 0 Å². The van der Waals surface area contributed by atoms with Crippen LogP contribution in [0.3, 0.4) is 0 Å². The van der Waals surface area contributed by atoms with Crippen LogP contribution in [0, 0.1) is 18.6 Å². The highest BCUT2D eigenvalue weighted by Crippen LogP contribution is 2.20. The second-order valence-corrected chi connectivity index (χ2v) is 4.45. The van der Waals surface area contributed by atoms with E-state index < -0.39 is 11.6 Å². The molecule has 2 rings (SSSR count). The third-order valence-electron chi connectivity index (χ3n) is 2.58. The summed E-state index contributed by atoms with van der Waals surface area (Å²) in [5, 5.41) is 0.610. The van der Waals surface area contributed by atoms with Crippen molar-refractivity contribution in [1.29, 1.82) is 0 Å². The van der Waals surface area contributed by atoms with E-state index in [0.717, 1.165) is 5.56 Å². The highest BCUT2D eigenvalue weighted by Gasteiger charge is 2.10. The molecule has 0 spiro atoms. The van der Waals surface area contributed by atoms with E-state index in [0.29, 0.717) is 10.6 Å². The van der Waals surface area contributed by atoms with Crippen LogP contribution in [-0.4, -0.2) is 0 Å². The second-order valence-electron chi connectivity index (χ2n) is 4.01. The minimum atomic E-state index is -0.502. The summed E-state index contributed by atoms with van der Waals surface area (Å²) in [7, 11) is 0. The Balaban J connectivity index is 2.33. The van der Waals surface area contributed by atoms with Gasteiger partial charge in [0, 0.05) is 17.0 Å². The first-order chi connectivity index (χ1) is 8.06. The van der Waals surface area contributed by atoms with Crippen molar-refractivity contribution in [3.63, 3.8) is 0 Å². The van der Waals surface area contributed by atoms with E-state index in [2.05, 4.69) is 0 Å². The fourth-order valence-corrected chi connectivity index (χ4v) is 1.83. The summed E-state index contributed by atoms with van der Waals surface area (Å²) >= 11 is 5.75. The smallest absolute Gasteiger partial charge is 0.129 e. The molecular formula is C14H11ClF2. The first-order valence-corrected chi connectivity index (χ1v) is 5.63. The molecule has 2 aromatic rings. The summed E-state index contributed by atoms with van der Waals surface area (Å²) in [4.78, 5) is 0. The molecule has 0 nitrogen and oxygen atoms in total. The molecule has 0 aromatic heterocycles. The minimum absolute atomic E-state index is 0.0953. The average Bonchev–Trinajstić information content (AvgIpc) is 2.26. The number of benzene rings is 2. The van der Waals surface area contributed by atoms with Gasteiger partial charge in [-0.3, -0.25) is 0 Å². The van der Waals surface area contributed by atoms with Gasteiger partial charge in [-0.15, -0.1) is 0 Å². The van der Waals surface area contributed by atoms with Crippen LogP contribution in [0.25, 0.3) is 0 Å². The first-order valence-electron chi connectivity index (χ1n) is 5.25. The Morgan fingerprint density at radius 2 is 1.53 bits per heavy atom. The Bertz CT molecular complexity index is 509. The normalized spacial score (nSPS) is 10.6. The van der Waals surface area contributed by atoms with E-state index >= 15 is 0 Å². The molecule has 0 amide bonds. The predicted octanol–water partition coefficient (Wildman–Crippen LogP) is 4.52. The molecule has 0 bridgehead atoms. The average molecular weight is 253 g/mol. The highest BCUT2D eigenvalue weighted by atomic mass is 35.5. The minimum Gasteiger partial charge on any atom is -0.207 e. The van der Waals surface area contributed by atoms with Crippen LogP contribution in [0.1, 0.15) is 16.7 Å². The van der Waals surface area contributed by atoms with Crippen LogP contribution in [0.5, 0.6) is 0 Å². The Morgan fingerprint density at radius 3 is 2.06 bits per heavy atom. The molecular weight excluding hydrogens is 242 g/mol. The van der Waals surface area contributed by atoms with E-state index in [4.69, 9.17) is 11.6 Å². The summed E-state index contributed by atoms with van der Waals surface area (Å²) in [5.41, 5.74) is 1.51. The largest absolute Gasteiger partial charge is 0.207 e. The van der Waals surface area contributed by atoms with Gasteiger partial charge < -0.3 is 0 Å². The van der Waals surface area contributed by atoms with Crippen LogP contribution in [-0.2, 0) is 6.42 Å². The van der Waals surface area contributed by atoms with Gasteiger partial charge in [0.05, 0.1) is 0 Å². The van der Waals surface area contributed by atoms with Crippen LogP contribution in [0.15, 0.2) is 36.4 Å². The Hall–Kier alpha value is -1.41. The van der Waals surface area contributed by atoms with E-state index in [1.54, 1.807) is 31.2 Å². The lowest BCUT2D eigenvalue weighted by atomic mass is 10.0. The monoisotopic (exact) mass is 252 g/mol. The molecule has 0 N–H and O–H groups in total. The lowest BCUT2D eigenvalue weighted by molar-refractivity contribution is 0.559. The van der Waals surface area contributed by atoms with E-state index in [1.165, 1.54) is 12.1 Å².